The molecule has 0 N–H and O–H groups in total. The Labute approximate surface area is 158 Å². The van der Waals surface area contributed by atoms with Crippen LogP contribution in [0.15, 0.2) is 58.5 Å². The fourth-order valence-corrected chi connectivity index (χ4v) is 3.94. The van der Waals surface area contributed by atoms with E-state index in [2.05, 4.69) is 19.1 Å². The largest absolute Gasteiger partial charge is 0.382 e. The van der Waals surface area contributed by atoms with Gasteiger partial charge in [0.25, 0.3) is 5.56 Å². The maximum absolute atomic E-state index is 13.0. The molecule has 3 aromatic rings. The summed E-state index contributed by atoms with van der Waals surface area (Å²) in [5.41, 5.74) is 3.30. The molecule has 0 aliphatic rings. The lowest BCUT2D eigenvalue weighted by Crippen LogP contribution is -2.24. The molecular formula is C21H24N2O2S. The van der Waals surface area contributed by atoms with Gasteiger partial charge in [0.15, 0.2) is 5.16 Å². The van der Waals surface area contributed by atoms with Gasteiger partial charge in [0.1, 0.15) is 0 Å². The molecule has 0 aliphatic heterocycles. The molecule has 0 saturated heterocycles. The van der Waals surface area contributed by atoms with E-state index in [4.69, 9.17) is 9.72 Å². The summed E-state index contributed by atoms with van der Waals surface area (Å²) in [6, 6.07) is 15.9. The van der Waals surface area contributed by atoms with E-state index in [-0.39, 0.29) is 5.56 Å². The Morgan fingerprint density at radius 1 is 1.12 bits per heavy atom. The van der Waals surface area contributed by atoms with E-state index in [1.54, 1.807) is 16.3 Å². The molecular weight excluding hydrogens is 344 g/mol. The minimum Gasteiger partial charge on any atom is -0.382 e. The first kappa shape index (κ1) is 18.7. The summed E-state index contributed by atoms with van der Waals surface area (Å²) in [6.45, 7) is 6.05. The van der Waals surface area contributed by atoms with Gasteiger partial charge in [0, 0.05) is 25.5 Å². The van der Waals surface area contributed by atoms with Crippen molar-refractivity contribution in [2.45, 2.75) is 37.7 Å². The number of rotatable bonds is 8. The molecule has 0 fully saturated rings. The second kappa shape index (κ2) is 9.01. The zero-order chi connectivity index (χ0) is 18.4. The van der Waals surface area contributed by atoms with Crippen molar-refractivity contribution in [1.82, 2.24) is 9.55 Å². The molecule has 0 amide bonds. The number of hydrogen-bond acceptors (Lipinski definition) is 4. The number of para-hydroxylation sites is 1. The third-order valence-corrected chi connectivity index (χ3v) is 5.34. The number of fused-ring (bicyclic) bond motifs is 1. The van der Waals surface area contributed by atoms with Crippen LogP contribution in [0.2, 0.25) is 0 Å². The quantitative estimate of drug-likeness (QED) is 0.335. The molecule has 3 rings (SSSR count). The Balaban J connectivity index is 1.90. The summed E-state index contributed by atoms with van der Waals surface area (Å²) in [5.74, 6) is 0.795. The van der Waals surface area contributed by atoms with Crippen molar-refractivity contribution in [1.29, 1.82) is 0 Å². The van der Waals surface area contributed by atoms with Gasteiger partial charge in [-0.2, -0.15) is 0 Å². The molecule has 136 valence electrons. The van der Waals surface area contributed by atoms with Crippen molar-refractivity contribution in [2.24, 2.45) is 0 Å². The fraction of sp³-hybridized carbons (Fsp3) is 0.333. The second-order valence-corrected chi connectivity index (χ2v) is 7.08. The van der Waals surface area contributed by atoms with Gasteiger partial charge >= 0.3 is 0 Å². The lowest BCUT2D eigenvalue weighted by atomic mass is 10.1. The predicted molar refractivity (Wildman–Crippen MR) is 108 cm³/mol. The molecule has 0 spiro atoms. The predicted octanol–water partition coefficient (Wildman–Crippen LogP) is 4.42. The van der Waals surface area contributed by atoms with E-state index in [1.165, 1.54) is 11.1 Å². The lowest BCUT2D eigenvalue weighted by molar-refractivity contribution is 0.140. The smallest absolute Gasteiger partial charge is 0.262 e. The number of aryl methyl sites for hydroxylation is 1. The number of hydrogen-bond donors (Lipinski definition) is 0. The van der Waals surface area contributed by atoms with Gasteiger partial charge in [-0.15, -0.1) is 0 Å². The zero-order valence-electron chi connectivity index (χ0n) is 15.3. The van der Waals surface area contributed by atoms with E-state index in [0.29, 0.717) is 25.1 Å². The summed E-state index contributed by atoms with van der Waals surface area (Å²) in [5, 5.41) is 1.44. The fourth-order valence-electron chi connectivity index (χ4n) is 2.84. The summed E-state index contributed by atoms with van der Waals surface area (Å²) in [7, 11) is 0. The van der Waals surface area contributed by atoms with Gasteiger partial charge < -0.3 is 4.74 Å². The number of aromatic nitrogens is 2. The summed E-state index contributed by atoms with van der Waals surface area (Å²) in [6.07, 6.45) is 0.797. The van der Waals surface area contributed by atoms with Crippen LogP contribution < -0.4 is 5.56 Å². The average molecular weight is 369 g/mol. The van der Waals surface area contributed by atoms with Crippen LogP contribution in [-0.2, 0) is 17.0 Å². The Morgan fingerprint density at radius 3 is 2.69 bits per heavy atom. The molecule has 0 unspecified atom stereocenters. The van der Waals surface area contributed by atoms with Crippen molar-refractivity contribution in [3.05, 3.63) is 70.0 Å². The van der Waals surface area contributed by atoms with E-state index >= 15 is 0 Å². The molecule has 1 aromatic heterocycles. The van der Waals surface area contributed by atoms with E-state index in [9.17, 15) is 4.79 Å². The van der Waals surface area contributed by atoms with Crippen LogP contribution in [-0.4, -0.2) is 22.8 Å². The standard InChI is InChI=1S/C21H24N2O2S/c1-3-25-14-8-13-23-20(24)18-11-6-7-12-19(18)22-21(23)26-15-17-10-5-4-9-16(17)2/h4-7,9-12H,3,8,13-15H2,1-2H3. The summed E-state index contributed by atoms with van der Waals surface area (Å²) < 4.78 is 7.22. The topological polar surface area (TPSA) is 44.1 Å². The Bertz CT molecular complexity index is 937. The Hall–Kier alpha value is -2.11. The number of nitrogens with zero attached hydrogens (tertiary/aromatic N) is 2. The minimum absolute atomic E-state index is 0.0272. The Morgan fingerprint density at radius 2 is 1.88 bits per heavy atom. The number of benzene rings is 2. The van der Waals surface area contributed by atoms with Crippen molar-refractivity contribution in [3.63, 3.8) is 0 Å². The maximum atomic E-state index is 13.0. The number of thioether (sulfide) groups is 1. The highest BCUT2D eigenvalue weighted by Gasteiger charge is 2.12. The van der Waals surface area contributed by atoms with Gasteiger partial charge in [-0.1, -0.05) is 48.2 Å². The molecule has 0 radical (unpaired) electrons. The molecule has 0 atom stereocenters. The monoisotopic (exact) mass is 368 g/mol. The average Bonchev–Trinajstić information content (AvgIpc) is 2.66. The van der Waals surface area contributed by atoms with Crippen LogP contribution in [0.1, 0.15) is 24.5 Å². The lowest BCUT2D eigenvalue weighted by Gasteiger charge is -2.13. The summed E-state index contributed by atoms with van der Waals surface area (Å²) in [4.78, 5) is 17.7. The second-order valence-electron chi connectivity index (χ2n) is 6.13. The van der Waals surface area contributed by atoms with Gasteiger partial charge in [-0.25, -0.2) is 4.98 Å². The molecule has 2 aromatic carbocycles. The van der Waals surface area contributed by atoms with Crippen molar-refractivity contribution < 1.29 is 4.74 Å². The molecule has 1 heterocycles. The van der Waals surface area contributed by atoms with Crippen molar-refractivity contribution in [2.75, 3.05) is 13.2 Å². The molecule has 0 bridgehead atoms. The van der Waals surface area contributed by atoms with Gasteiger partial charge in [-0.3, -0.25) is 9.36 Å². The highest BCUT2D eigenvalue weighted by atomic mass is 32.2. The van der Waals surface area contributed by atoms with E-state index in [1.807, 2.05) is 43.3 Å². The van der Waals surface area contributed by atoms with Gasteiger partial charge in [0.2, 0.25) is 0 Å². The maximum Gasteiger partial charge on any atom is 0.262 e. The number of ether oxygens (including phenoxy) is 1. The zero-order valence-corrected chi connectivity index (χ0v) is 16.1. The van der Waals surface area contributed by atoms with Gasteiger partial charge in [0.05, 0.1) is 10.9 Å². The first-order valence-electron chi connectivity index (χ1n) is 8.95. The third kappa shape index (κ3) is 4.34. The van der Waals surface area contributed by atoms with Crippen molar-refractivity contribution >= 4 is 22.7 Å². The van der Waals surface area contributed by atoms with E-state index in [0.717, 1.165) is 22.8 Å². The molecule has 5 heteroatoms. The van der Waals surface area contributed by atoms with Crippen LogP contribution in [0.25, 0.3) is 10.9 Å². The SMILES string of the molecule is CCOCCCn1c(SCc2ccccc2C)nc2ccccc2c1=O. The van der Waals surface area contributed by atoms with Crippen LogP contribution in [0.5, 0.6) is 0 Å². The van der Waals surface area contributed by atoms with Crippen LogP contribution in [0.4, 0.5) is 0 Å². The normalized spacial score (nSPS) is 11.2. The van der Waals surface area contributed by atoms with Crippen LogP contribution in [0, 0.1) is 6.92 Å². The van der Waals surface area contributed by atoms with Crippen molar-refractivity contribution in [3.8, 4) is 0 Å². The van der Waals surface area contributed by atoms with Gasteiger partial charge in [-0.05, 0) is 43.5 Å². The van der Waals surface area contributed by atoms with Crippen LogP contribution >= 0.6 is 11.8 Å². The molecule has 0 aliphatic carbocycles. The molecule has 4 nitrogen and oxygen atoms in total. The minimum atomic E-state index is 0.0272. The highest BCUT2D eigenvalue weighted by Crippen LogP contribution is 2.23. The van der Waals surface area contributed by atoms with Crippen LogP contribution in [0.3, 0.4) is 0 Å². The molecule has 0 saturated carbocycles. The Kier molecular flexibility index (Phi) is 6.47. The third-order valence-electron chi connectivity index (χ3n) is 4.32. The first-order valence-corrected chi connectivity index (χ1v) is 9.94. The first-order chi connectivity index (χ1) is 12.7. The molecule has 26 heavy (non-hydrogen) atoms. The highest BCUT2D eigenvalue weighted by molar-refractivity contribution is 7.98. The summed E-state index contributed by atoms with van der Waals surface area (Å²) >= 11 is 1.62. The van der Waals surface area contributed by atoms with E-state index < -0.39 is 0 Å².